The van der Waals surface area contributed by atoms with Crippen LogP contribution in [-0.4, -0.2) is 22.1 Å². The Morgan fingerprint density at radius 3 is 2.60 bits per heavy atom. The van der Waals surface area contributed by atoms with Crippen molar-refractivity contribution in [1.82, 2.24) is 9.55 Å². The van der Waals surface area contributed by atoms with Crippen LogP contribution in [0.2, 0.25) is 0 Å². The Morgan fingerprint density at radius 2 is 1.83 bits per heavy atom. The van der Waals surface area contributed by atoms with E-state index in [9.17, 15) is 9.18 Å². The van der Waals surface area contributed by atoms with E-state index in [2.05, 4.69) is 16.7 Å². The van der Waals surface area contributed by atoms with Gasteiger partial charge in [-0.15, -0.1) is 0 Å². The molecule has 0 aliphatic rings. The van der Waals surface area contributed by atoms with Crippen LogP contribution in [0.1, 0.15) is 28.4 Å². The van der Waals surface area contributed by atoms with Crippen molar-refractivity contribution in [3.05, 3.63) is 95.3 Å². The van der Waals surface area contributed by atoms with Crippen LogP contribution in [0.3, 0.4) is 0 Å². The van der Waals surface area contributed by atoms with Crippen molar-refractivity contribution < 1.29 is 13.9 Å². The van der Waals surface area contributed by atoms with Crippen LogP contribution in [-0.2, 0) is 17.0 Å². The lowest BCUT2D eigenvalue weighted by atomic mass is 10.2. The first kappa shape index (κ1) is 20.2. The van der Waals surface area contributed by atoms with Gasteiger partial charge < -0.3 is 9.30 Å². The van der Waals surface area contributed by atoms with Gasteiger partial charge in [0.05, 0.1) is 29.7 Å². The van der Waals surface area contributed by atoms with E-state index in [0.717, 1.165) is 27.3 Å². The molecule has 6 heteroatoms. The fourth-order valence-corrected chi connectivity index (χ4v) is 4.21. The fraction of sp³-hybridized carbons (Fsp3) is 0.167. The maximum atomic E-state index is 13.5. The molecule has 0 N–H and O–H groups in total. The van der Waals surface area contributed by atoms with Crippen molar-refractivity contribution in [1.29, 1.82) is 0 Å². The monoisotopic (exact) mass is 420 g/mol. The number of ether oxygens (including phenoxy) is 1. The second-order valence-electron chi connectivity index (χ2n) is 6.81. The lowest BCUT2D eigenvalue weighted by Crippen LogP contribution is -2.04. The lowest BCUT2D eigenvalue weighted by Gasteiger charge is -2.09. The fourth-order valence-electron chi connectivity index (χ4n) is 3.25. The van der Waals surface area contributed by atoms with E-state index in [4.69, 9.17) is 9.72 Å². The summed E-state index contributed by atoms with van der Waals surface area (Å²) in [5.74, 6) is -0.00316. The molecular weight excluding hydrogens is 399 g/mol. The molecule has 0 bridgehead atoms. The number of fused-ring (bicyclic) bond motifs is 1. The van der Waals surface area contributed by atoms with Crippen LogP contribution in [0.15, 0.2) is 78.0 Å². The molecule has 0 saturated carbocycles. The summed E-state index contributed by atoms with van der Waals surface area (Å²) in [5.41, 5.74) is 4.20. The second kappa shape index (κ2) is 9.13. The highest BCUT2D eigenvalue weighted by Crippen LogP contribution is 2.28. The molecular formula is C24H21FN2O2S. The summed E-state index contributed by atoms with van der Waals surface area (Å²) in [6.45, 7) is 2.77. The molecule has 0 amide bonds. The molecule has 0 aliphatic heterocycles. The third-order valence-corrected chi connectivity index (χ3v) is 5.71. The first-order valence-corrected chi connectivity index (χ1v) is 10.7. The first-order chi connectivity index (χ1) is 14.6. The zero-order valence-corrected chi connectivity index (χ0v) is 17.4. The number of thioether (sulfide) groups is 1. The Morgan fingerprint density at radius 1 is 1.03 bits per heavy atom. The van der Waals surface area contributed by atoms with Crippen LogP contribution in [0.25, 0.3) is 11.0 Å². The van der Waals surface area contributed by atoms with Crippen LogP contribution in [0.5, 0.6) is 0 Å². The molecule has 4 aromatic rings. The predicted octanol–water partition coefficient (Wildman–Crippen LogP) is 5.69. The molecule has 30 heavy (non-hydrogen) atoms. The summed E-state index contributed by atoms with van der Waals surface area (Å²) in [5, 5.41) is 0.819. The summed E-state index contributed by atoms with van der Waals surface area (Å²) in [7, 11) is 0. The van der Waals surface area contributed by atoms with Crippen LogP contribution in [0.4, 0.5) is 4.39 Å². The smallest absolute Gasteiger partial charge is 0.338 e. The summed E-state index contributed by atoms with van der Waals surface area (Å²) < 4.78 is 20.8. The van der Waals surface area contributed by atoms with E-state index < -0.39 is 0 Å². The quantitative estimate of drug-likeness (QED) is 0.284. The third-order valence-electron chi connectivity index (χ3n) is 4.66. The van der Waals surface area contributed by atoms with Gasteiger partial charge in [-0.1, -0.05) is 54.2 Å². The second-order valence-corrected chi connectivity index (χ2v) is 7.75. The molecule has 0 spiro atoms. The van der Waals surface area contributed by atoms with Gasteiger partial charge in [-0.25, -0.2) is 14.2 Å². The van der Waals surface area contributed by atoms with Gasteiger partial charge in [0.1, 0.15) is 5.82 Å². The van der Waals surface area contributed by atoms with Crippen molar-refractivity contribution in [3.63, 3.8) is 0 Å². The van der Waals surface area contributed by atoms with Crippen LogP contribution in [0, 0.1) is 5.82 Å². The number of rotatable bonds is 7. The zero-order chi connectivity index (χ0) is 20.9. The van der Waals surface area contributed by atoms with Gasteiger partial charge in [0.25, 0.3) is 0 Å². The standard InChI is InChI=1S/C24H21FN2O2S/c1-2-29-23(28)19-11-12-22-21(14-19)26-24(27(22)15-17-7-4-3-5-8-17)30-16-18-9-6-10-20(25)13-18/h3-14H,2,15-16H2,1H3. The normalized spacial score (nSPS) is 11.0. The molecule has 152 valence electrons. The molecule has 0 radical (unpaired) electrons. The minimum atomic E-state index is -0.356. The van der Waals surface area contributed by atoms with Gasteiger partial charge in [0.15, 0.2) is 5.16 Å². The lowest BCUT2D eigenvalue weighted by molar-refractivity contribution is 0.0526. The summed E-state index contributed by atoms with van der Waals surface area (Å²) >= 11 is 1.55. The van der Waals surface area contributed by atoms with E-state index in [-0.39, 0.29) is 11.8 Å². The molecule has 0 fully saturated rings. The molecule has 4 nitrogen and oxygen atoms in total. The van der Waals surface area contributed by atoms with Gasteiger partial charge in [-0.3, -0.25) is 0 Å². The molecule has 1 heterocycles. The van der Waals surface area contributed by atoms with Gasteiger partial charge >= 0.3 is 5.97 Å². The number of hydrogen-bond donors (Lipinski definition) is 0. The maximum Gasteiger partial charge on any atom is 0.338 e. The average molecular weight is 421 g/mol. The average Bonchev–Trinajstić information content (AvgIpc) is 3.10. The van der Waals surface area contributed by atoms with Crippen molar-refractivity contribution in [2.75, 3.05) is 6.61 Å². The number of imidazole rings is 1. The van der Waals surface area contributed by atoms with Crippen molar-refractivity contribution in [3.8, 4) is 0 Å². The van der Waals surface area contributed by atoms with E-state index in [0.29, 0.717) is 24.5 Å². The summed E-state index contributed by atoms with van der Waals surface area (Å²) in [6.07, 6.45) is 0. The highest BCUT2D eigenvalue weighted by atomic mass is 32.2. The maximum absolute atomic E-state index is 13.5. The number of hydrogen-bond acceptors (Lipinski definition) is 4. The van der Waals surface area contributed by atoms with E-state index in [1.807, 2.05) is 30.3 Å². The molecule has 1 aromatic heterocycles. The van der Waals surface area contributed by atoms with Gasteiger partial charge in [0.2, 0.25) is 0 Å². The minimum absolute atomic E-state index is 0.245. The third kappa shape index (κ3) is 4.54. The molecule has 0 aliphatic carbocycles. The van der Waals surface area contributed by atoms with Crippen molar-refractivity contribution in [2.24, 2.45) is 0 Å². The number of nitrogens with zero attached hydrogens (tertiary/aromatic N) is 2. The summed E-state index contributed by atoms with van der Waals surface area (Å²) in [4.78, 5) is 16.9. The van der Waals surface area contributed by atoms with Crippen LogP contribution >= 0.6 is 11.8 Å². The van der Waals surface area contributed by atoms with Crippen LogP contribution < -0.4 is 0 Å². The highest BCUT2D eigenvalue weighted by molar-refractivity contribution is 7.98. The Balaban J connectivity index is 1.70. The van der Waals surface area contributed by atoms with E-state index in [1.54, 1.807) is 36.9 Å². The molecule has 0 saturated heterocycles. The van der Waals surface area contributed by atoms with E-state index >= 15 is 0 Å². The van der Waals surface area contributed by atoms with Gasteiger partial charge in [-0.05, 0) is 48.4 Å². The largest absolute Gasteiger partial charge is 0.462 e. The van der Waals surface area contributed by atoms with Gasteiger partial charge in [-0.2, -0.15) is 0 Å². The first-order valence-electron chi connectivity index (χ1n) is 9.72. The van der Waals surface area contributed by atoms with Gasteiger partial charge in [0, 0.05) is 5.75 Å². The number of benzene rings is 3. The SMILES string of the molecule is CCOC(=O)c1ccc2c(c1)nc(SCc1cccc(F)c1)n2Cc1ccccc1. The number of carbonyl (C=O) groups is 1. The number of esters is 1. The van der Waals surface area contributed by atoms with Crippen molar-refractivity contribution in [2.45, 2.75) is 24.4 Å². The number of aromatic nitrogens is 2. The molecule has 3 aromatic carbocycles. The number of carbonyl (C=O) groups excluding carboxylic acids is 1. The van der Waals surface area contributed by atoms with E-state index in [1.165, 1.54) is 12.1 Å². The topological polar surface area (TPSA) is 44.1 Å². The number of halogens is 1. The Kier molecular flexibility index (Phi) is 6.14. The molecule has 0 atom stereocenters. The van der Waals surface area contributed by atoms with Crippen molar-refractivity contribution >= 4 is 28.8 Å². The Labute approximate surface area is 178 Å². The predicted molar refractivity (Wildman–Crippen MR) is 117 cm³/mol. The molecule has 0 unspecified atom stereocenters. The minimum Gasteiger partial charge on any atom is -0.462 e. The Bertz CT molecular complexity index is 1170. The zero-order valence-electron chi connectivity index (χ0n) is 16.5. The Hall–Kier alpha value is -3.12. The highest BCUT2D eigenvalue weighted by Gasteiger charge is 2.15. The summed E-state index contributed by atoms with van der Waals surface area (Å²) in [6, 6.07) is 22.2. The molecule has 4 rings (SSSR count).